The van der Waals surface area contributed by atoms with E-state index in [1.54, 1.807) is 0 Å². The first-order valence-electron chi connectivity index (χ1n) is 7.39. The number of nitrogens with one attached hydrogen (secondary N) is 1. The molecule has 1 aromatic carbocycles. The molecule has 1 heterocycles. The van der Waals surface area contributed by atoms with Crippen molar-refractivity contribution < 1.29 is 9.50 Å². The van der Waals surface area contributed by atoms with Gasteiger partial charge in [0.05, 0.1) is 5.69 Å². The summed E-state index contributed by atoms with van der Waals surface area (Å²) in [6.07, 6.45) is 2.03. The Balaban J connectivity index is 2.34. The van der Waals surface area contributed by atoms with E-state index >= 15 is 0 Å². The van der Waals surface area contributed by atoms with Crippen LogP contribution in [0.4, 0.5) is 4.39 Å². The van der Waals surface area contributed by atoms with Gasteiger partial charge in [0, 0.05) is 12.8 Å². The molecule has 0 aliphatic carbocycles. The highest BCUT2D eigenvalue weighted by molar-refractivity contribution is 5.82. The molecule has 8 heteroatoms. The lowest BCUT2D eigenvalue weighted by molar-refractivity contribution is 0.403. The van der Waals surface area contributed by atoms with E-state index < -0.39 is 22.9 Å². The number of nitrogens with zero attached hydrogens (tertiary/aromatic N) is 3. The zero-order valence-corrected chi connectivity index (χ0v) is 13.5. The van der Waals surface area contributed by atoms with Crippen molar-refractivity contribution in [1.82, 2.24) is 14.5 Å². The van der Waals surface area contributed by atoms with Gasteiger partial charge < -0.3 is 10.0 Å². The van der Waals surface area contributed by atoms with Gasteiger partial charge in [-0.05, 0) is 51.3 Å². The summed E-state index contributed by atoms with van der Waals surface area (Å²) in [5.41, 5.74) is -1.43. The molecule has 2 rings (SSSR count). The third kappa shape index (κ3) is 4.17. The van der Waals surface area contributed by atoms with Crippen molar-refractivity contribution in [3.05, 3.63) is 56.5 Å². The van der Waals surface area contributed by atoms with Gasteiger partial charge in [-0.2, -0.15) is 0 Å². The maximum atomic E-state index is 13.0. The molecule has 0 unspecified atom stereocenters. The lowest BCUT2D eigenvalue weighted by Gasteiger charge is -2.09. The van der Waals surface area contributed by atoms with E-state index in [-0.39, 0.29) is 11.3 Å². The van der Waals surface area contributed by atoms with Crippen LogP contribution in [0, 0.1) is 5.82 Å². The summed E-state index contributed by atoms with van der Waals surface area (Å²) in [4.78, 5) is 32.1. The van der Waals surface area contributed by atoms with Crippen LogP contribution in [-0.2, 0) is 0 Å². The van der Waals surface area contributed by atoms with Crippen LogP contribution in [0.5, 0.6) is 5.88 Å². The molecular formula is C16H19FN4O3. The molecule has 0 bridgehead atoms. The molecule has 0 radical (unpaired) electrons. The van der Waals surface area contributed by atoms with E-state index in [0.717, 1.165) is 29.7 Å². The van der Waals surface area contributed by atoms with Gasteiger partial charge in [0.25, 0.3) is 5.56 Å². The fourth-order valence-electron chi connectivity index (χ4n) is 2.12. The minimum Gasteiger partial charge on any atom is -0.493 e. The number of aromatic nitrogens is 2. The maximum Gasteiger partial charge on any atom is 0.335 e. The van der Waals surface area contributed by atoms with Gasteiger partial charge in [-0.3, -0.25) is 14.8 Å². The van der Waals surface area contributed by atoms with Crippen molar-refractivity contribution in [2.24, 2.45) is 4.99 Å². The molecule has 128 valence electrons. The van der Waals surface area contributed by atoms with Crippen molar-refractivity contribution in [3.8, 4) is 11.6 Å². The van der Waals surface area contributed by atoms with Crippen LogP contribution in [0.1, 0.15) is 12.0 Å². The Morgan fingerprint density at radius 1 is 1.29 bits per heavy atom. The number of aliphatic imine (C=N–C) groups is 1. The van der Waals surface area contributed by atoms with Gasteiger partial charge in [0.2, 0.25) is 5.88 Å². The number of hydrogen-bond acceptors (Lipinski definition) is 5. The molecule has 2 aromatic rings. The van der Waals surface area contributed by atoms with Crippen molar-refractivity contribution in [2.45, 2.75) is 6.42 Å². The average Bonchev–Trinajstić information content (AvgIpc) is 2.51. The SMILES string of the molecule is CN(C)CCCN=Cc1c(O)n(-c2ccc(F)cc2)c(=O)[nH]c1=O. The molecule has 0 saturated heterocycles. The van der Waals surface area contributed by atoms with Gasteiger partial charge in [0.15, 0.2) is 0 Å². The highest BCUT2D eigenvalue weighted by Gasteiger charge is 2.14. The Labute approximate surface area is 137 Å². The Hall–Kier alpha value is -2.74. The van der Waals surface area contributed by atoms with Crippen LogP contribution < -0.4 is 11.2 Å². The largest absolute Gasteiger partial charge is 0.493 e. The molecule has 0 aliphatic rings. The molecule has 2 N–H and O–H groups in total. The number of H-pyrrole nitrogens is 1. The van der Waals surface area contributed by atoms with Gasteiger partial charge in [0.1, 0.15) is 11.4 Å². The normalized spacial score (nSPS) is 11.5. The third-order valence-corrected chi connectivity index (χ3v) is 3.32. The van der Waals surface area contributed by atoms with Gasteiger partial charge >= 0.3 is 5.69 Å². The summed E-state index contributed by atoms with van der Waals surface area (Å²) in [6.45, 7) is 1.32. The monoisotopic (exact) mass is 334 g/mol. The number of halogens is 1. The zero-order valence-electron chi connectivity index (χ0n) is 13.5. The highest BCUT2D eigenvalue weighted by Crippen LogP contribution is 2.15. The number of hydrogen-bond donors (Lipinski definition) is 2. The van der Waals surface area contributed by atoms with Crippen molar-refractivity contribution in [2.75, 3.05) is 27.2 Å². The molecule has 0 amide bonds. The molecule has 0 spiro atoms. The fraction of sp³-hybridized carbons (Fsp3) is 0.312. The summed E-state index contributed by atoms with van der Waals surface area (Å²) in [7, 11) is 3.89. The van der Waals surface area contributed by atoms with Crippen molar-refractivity contribution in [3.63, 3.8) is 0 Å². The predicted octanol–water partition coefficient (Wildman–Crippen LogP) is 0.741. The Morgan fingerprint density at radius 2 is 1.96 bits per heavy atom. The summed E-state index contributed by atoms with van der Waals surface area (Å²) in [6, 6.07) is 4.96. The lowest BCUT2D eigenvalue weighted by atomic mass is 10.3. The maximum absolute atomic E-state index is 13.0. The van der Waals surface area contributed by atoms with E-state index in [0.29, 0.717) is 6.54 Å². The summed E-state index contributed by atoms with van der Waals surface area (Å²) in [5.74, 6) is -1.01. The summed E-state index contributed by atoms with van der Waals surface area (Å²) >= 11 is 0. The van der Waals surface area contributed by atoms with Crippen molar-refractivity contribution >= 4 is 6.21 Å². The molecule has 0 saturated carbocycles. The van der Waals surface area contributed by atoms with E-state index in [1.807, 2.05) is 19.0 Å². The number of benzene rings is 1. The first-order chi connectivity index (χ1) is 11.4. The second-order valence-electron chi connectivity index (χ2n) is 5.50. The quantitative estimate of drug-likeness (QED) is 0.602. The van der Waals surface area contributed by atoms with Crippen molar-refractivity contribution in [1.29, 1.82) is 0 Å². The van der Waals surface area contributed by atoms with E-state index in [1.165, 1.54) is 18.3 Å². The van der Waals surface area contributed by atoms with E-state index in [9.17, 15) is 19.1 Å². The highest BCUT2D eigenvalue weighted by atomic mass is 19.1. The zero-order chi connectivity index (χ0) is 17.7. The Bertz CT molecular complexity index is 838. The predicted molar refractivity (Wildman–Crippen MR) is 89.9 cm³/mol. The van der Waals surface area contributed by atoms with Gasteiger partial charge in [-0.1, -0.05) is 0 Å². The van der Waals surface area contributed by atoms with Crippen LogP contribution in [-0.4, -0.2) is 53.0 Å². The Morgan fingerprint density at radius 3 is 2.58 bits per heavy atom. The van der Waals surface area contributed by atoms with Crippen LogP contribution in [0.3, 0.4) is 0 Å². The molecular weight excluding hydrogens is 315 g/mol. The minimum atomic E-state index is -0.811. The van der Waals surface area contributed by atoms with Crippen LogP contribution in [0.15, 0.2) is 38.8 Å². The standard InChI is InChI=1S/C16H19FN4O3/c1-20(2)9-3-8-18-10-13-14(22)19-16(24)21(15(13)23)12-6-4-11(17)5-7-12/h4-7,10,23H,3,8-9H2,1-2H3,(H,19,22,24). The first-order valence-corrected chi connectivity index (χ1v) is 7.39. The third-order valence-electron chi connectivity index (χ3n) is 3.32. The number of aromatic amines is 1. The molecule has 0 atom stereocenters. The second-order valence-corrected chi connectivity index (χ2v) is 5.50. The summed E-state index contributed by atoms with van der Waals surface area (Å²) < 4.78 is 13.9. The average molecular weight is 334 g/mol. The van der Waals surface area contributed by atoms with E-state index in [4.69, 9.17) is 0 Å². The molecule has 1 aromatic heterocycles. The van der Waals surface area contributed by atoms with Crippen LogP contribution >= 0.6 is 0 Å². The molecule has 7 nitrogen and oxygen atoms in total. The Kier molecular flexibility index (Phi) is 5.64. The molecule has 0 fully saturated rings. The lowest BCUT2D eigenvalue weighted by Crippen LogP contribution is -2.31. The first kappa shape index (κ1) is 17.6. The number of aromatic hydroxyl groups is 1. The topological polar surface area (TPSA) is 90.7 Å². The smallest absolute Gasteiger partial charge is 0.335 e. The number of rotatable bonds is 6. The van der Waals surface area contributed by atoms with Gasteiger partial charge in [-0.15, -0.1) is 0 Å². The summed E-state index contributed by atoms with van der Waals surface area (Å²) in [5, 5.41) is 10.3. The molecule has 0 aliphatic heterocycles. The van der Waals surface area contributed by atoms with Gasteiger partial charge in [-0.25, -0.2) is 13.8 Å². The van der Waals surface area contributed by atoms with Crippen LogP contribution in [0.2, 0.25) is 0 Å². The fourth-order valence-corrected chi connectivity index (χ4v) is 2.12. The minimum absolute atomic E-state index is 0.122. The molecule has 24 heavy (non-hydrogen) atoms. The van der Waals surface area contributed by atoms with Crippen LogP contribution in [0.25, 0.3) is 5.69 Å². The second kappa shape index (κ2) is 7.69. The van der Waals surface area contributed by atoms with E-state index in [2.05, 4.69) is 9.98 Å².